The number of furan rings is 1. The van der Waals surface area contributed by atoms with E-state index in [0.29, 0.717) is 17.9 Å². The highest BCUT2D eigenvalue weighted by atomic mass is 79.9. The number of hydrazine groups is 1. The Balaban J connectivity index is 2.05. The summed E-state index contributed by atoms with van der Waals surface area (Å²) in [5.74, 6) is 5.40. The fraction of sp³-hybridized carbons (Fsp3) is 0.214. The number of carbonyl (C=O) groups is 1. The summed E-state index contributed by atoms with van der Waals surface area (Å²) in [7, 11) is 1.96. The highest BCUT2D eigenvalue weighted by Gasteiger charge is 2.15. The van der Waals surface area contributed by atoms with Crippen molar-refractivity contribution in [3.8, 4) is 0 Å². The molecular weight excluding hydrogens is 322 g/mol. The van der Waals surface area contributed by atoms with Crippen molar-refractivity contribution in [2.75, 3.05) is 7.05 Å². The Bertz CT molecular complexity index is 598. The number of rotatable bonds is 5. The van der Waals surface area contributed by atoms with E-state index >= 15 is 0 Å². The first kappa shape index (κ1) is 14.8. The molecule has 0 spiro atoms. The van der Waals surface area contributed by atoms with Crippen molar-refractivity contribution in [2.24, 2.45) is 5.84 Å². The maximum Gasteiger partial charge on any atom is 0.268 e. The zero-order valence-electron chi connectivity index (χ0n) is 11.1. The molecule has 0 saturated carbocycles. The van der Waals surface area contributed by atoms with Crippen LogP contribution in [0, 0.1) is 0 Å². The fourth-order valence-electron chi connectivity index (χ4n) is 1.96. The van der Waals surface area contributed by atoms with Crippen LogP contribution in [-0.4, -0.2) is 17.9 Å². The first-order chi connectivity index (χ1) is 9.61. The van der Waals surface area contributed by atoms with Gasteiger partial charge in [0.1, 0.15) is 5.76 Å². The van der Waals surface area contributed by atoms with Crippen molar-refractivity contribution in [3.63, 3.8) is 0 Å². The van der Waals surface area contributed by atoms with Crippen molar-refractivity contribution < 1.29 is 9.21 Å². The smallest absolute Gasteiger partial charge is 0.268 e. The SMILES string of the molecule is CN(Cc1ccccc1Br)Cc1occc1C(=O)NN. The summed E-state index contributed by atoms with van der Waals surface area (Å²) in [6.45, 7) is 1.27. The number of hydrogen-bond acceptors (Lipinski definition) is 4. The van der Waals surface area contributed by atoms with Gasteiger partial charge in [0.25, 0.3) is 5.91 Å². The Morgan fingerprint density at radius 2 is 2.10 bits per heavy atom. The summed E-state index contributed by atoms with van der Waals surface area (Å²) < 4.78 is 6.42. The van der Waals surface area contributed by atoms with Crippen molar-refractivity contribution in [2.45, 2.75) is 13.1 Å². The minimum atomic E-state index is -0.344. The normalized spacial score (nSPS) is 10.8. The van der Waals surface area contributed by atoms with Gasteiger partial charge in [-0.3, -0.25) is 15.1 Å². The van der Waals surface area contributed by atoms with Gasteiger partial charge in [0.15, 0.2) is 0 Å². The largest absolute Gasteiger partial charge is 0.467 e. The molecule has 0 radical (unpaired) electrons. The zero-order valence-corrected chi connectivity index (χ0v) is 12.7. The average Bonchev–Trinajstić information content (AvgIpc) is 2.88. The van der Waals surface area contributed by atoms with Crippen LogP contribution >= 0.6 is 15.9 Å². The molecule has 0 atom stereocenters. The molecule has 0 fully saturated rings. The van der Waals surface area contributed by atoms with Gasteiger partial charge in [-0.2, -0.15) is 0 Å². The second-order valence-electron chi connectivity index (χ2n) is 4.49. The average molecular weight is 338 g/mol. The molecule has 0 bridgehead atoms. The van der Waals surface area contributed by atoms with Crippen LogP contribution in [0.4, 0.5) is 0 Å². The fourth-order valence-corrected chi connectivity index (χ4v) is 2.37. The van der Waals surface area contributed by atoms with Gasteiger partial charge in [-0.25, -0.2) is 5.84 Å². The molecule has 2 aromatic rings. The Morgan fingerprint density at radius 3 is 2.80 bits per heavy atom. The van der Waals surface area contributed by atoms with Crippen LogP contribution in [0.1, 0.15) is 21.7 Å². The van der Waals surface area contributed by atoms with Gasteiger partial charge in [-0.15, -0.1) is 0 Å². The summed E-state index contributed by atoms with van der Waals surface area (Å²) in [6, 6.07) is 9.64. The van der Waals surface area contributed by atoms with Gasteiger partial charge in [-0.1, -0.05) is 34.1 Å². The number of carbonyl (C=O) groups excluding carboxylic acids is 1. The van der Waals surface area contributed by atoms with E-state index in [4.69, 9.17) is 10.3 Å². The van der Waals surface area contributed by atoms with E-state index in [1.54, 1.807) is 6.07 Å². The standard InChI is InChI=1S/C14H16BrN3O2/c1-18(8-10-4-2-3-5-12(10)15)9-13-11(6-7-20-13)14(19)17-16/h2-7H,8-9,16H2,1H3,(H,17,19). The lowest BCUT2D eigenvalue weighted by atomic mass is 10.2. The molecule has 1 aromatic carbocycles. The highest BCUT2D eigenvalue weighted by molar-refractivity contribution is 9.10. The van der Waals surface area contributed by atoms with Crippen LogP contribution in [0.2, 0.25) is 0 Å². The molecule has 0 saturated heterocycles. The summed E-state index contributed by atoms with van der Waals surface area (Å²) in [5, 5.41) is 0. The molecular formula is C14H16BrN3O2. The van der Waals surface area contributed by atoms with E-state index in [0.717, 1.165) is 11.0 Å². The lowest BCUT2D eigenvalue weighted by molar-refractivity contribution is 0.0950. The molecule has 5 nitrogen and oxygen atoms in total. The molecule has 3 N–H and O–H groups in total. The number of hydrogen-bond donors (Lipinski definition) is 2. The number of benzene rings is 1. The molecule has 0 aliphatic heterocycles. The lowest BCUT2D eigenvalue weighted by Gasteiger charge is -2.16. The van der Waals surface area contributed by atoms with E-state index in [-0.39, 0.29) is 5.91 Å². The molecule has 1 heterocycles. The predicted octanol–water partition coefficient (Wildman–Crippen LogP) is 2.28. The van der Waals surface area contributed by atoms with Crippen LogP contribution in [0.5, 0.6) is 0 Å². The third-order valence-electron chi connectivity index (χ3n) is 2.93. The highest BCUT2D eigenvalue weighted by Crippen LogP contribution is 2.19. The number of halogens is 1. The number of nitrogens with two attached hydrogens (primary N) is 1. The van der Waals surface area contributed by atoms with Crippen LogP contribution < -0.4 is 11.3 Å². The Labute approximate surface area is 125 Å². The van der Waals surface area contributed by atoms with Crippen molar-refractivity contribution >= 4 is 21.8 Å². The first-order valence-corrected chi connectivity index (χ1v) is 6.90. The topological polar surface area (TPSA) is 71.5 Å². The van der Waals surface area contributed by atoms with Crippen molar-refractivity contribution in [1.29, 1.82) is 0 Å². The Morgan fingerprint density at radius 1 is 1.35 bits per heavy atom. The van der Waals surface area contributed by atoms with Gasteiger partial charge < -0.3 is 4.42 Å². The van der Waals surface area contributed by atoms with Gasteiger partial charge >= 0.3 is 0 Å². The number of nitrogens with one attached hydrogen (secondary N) is 1. The molecule has 2 rings (SSSR count). The molecule has 0 aliphatic carbocycles. The summed E-state index contributed by atoms with van der Waals surface area (Å²) in [5.41, 5.74) is 3.75. The first-order valence-electron chi connectivity index (χ1n) is 6.11. The van der Waals surface area contributed by atoms with Gasteiger partial charge in [-0.05, 0) is 24.7 Å². The lowest BCUT2D eigenvalue weighted by Crippen LogP contribution is -2.31. The third kappa shape index (κ3) is 3.47. The molecule has 6 heteroatoms. The van der Waals surface area contributed by atoms with Crippen molar-refractivity contribution in [1.82, 2.24) is 10.3 Å². The quantitative estimate of drug-likeness (QED) is 0.498. The van der Waals surface area contributed by atoms with Gasteiger partial charge in [0.05, 0.1) is 18.4 Å². The van der Waals surface area contributed by atoms with Gasteiger partial charge in [0.2, 0.25) is 0 Å². The van der Waals surface area contributed by atoms with E-state index in [9.17, 15) is 4.79 Å². The number of amides is 1. The number of nitrogen functional groups attached to an aromatic ring is 1. The molecule has 106 valence electrons. The second kappa shape index (κ2) is 6.69. The minimum Gasteiger partial charge on any atom is -0.467 e. The molecule has 1 aromatic heterocycles. The van der Waals surface area contributed by atoms with E-state index in [1.807, 2.05) is 25.2 Å². The van der Waals surface area contributed by atoms with E-state index in [2.05, 4.69) is 32.3 Å². The van der Waals surface area contributed by atoms with Crippen molar-refractivity contribution in [3.05, 3.63) is 58.0 Å². The maximum absolute atomic E-state index is 11.6. The zero-order chi connectivity index (χ0) is 14.5. The van der Waals surface area contributed by atoms with Crippen LogP contribution in [0.15, 0.2) is 45.5 Å². The number of nitrogens with zero attached hydrogens (tertiary/aromatic N) is 1. The summed E-state index contributed by atoms with van der Waals surface area (Å²) >= 11 is 3.52. The molecule has 20 heavy (non-hydrogen) atoms. The maximum atomic E-state index is 11.6. The summed E-state index contributed by atoms with van der Waals surface area (Å²) in [4.78, 5) is 13.6. The minimum absolute atomic E-state index is 0.344. The van der Waals surface area contributed by atoms with Crippen LogP contribution in [0.3, 0.4) is 0 Å². The van der Waals surface area contributed by atoms with E-state index in [1.165, 1.54) is 11.8 Å². The molecule has 0 aliphatic rings. The van der Waals surface area contributed by atoms with E-state index < -0.39 is 0 Å². The van der Waals surface area contributed by atoms with Crippen LogP contribution in [0.25, 0.3) is 0 Å². The monoisotopic (exact) mass is 337 g/mol. The second-order valence-corrected chi connectivity index (χ2v) is 5.35. The van der Waals surface area contributed by atoms with Crippen LogP contribution in [-0.2, 0) is 13.1 Å². The molecule has 1 amide bonds. The molecule has 0 unspecified atom stereocenters. The predicted molar refractivity (Wildman–Crippen MR) is 79.7 cm³/mol. The summed E-state index contributed by atoms with van der Waals surface area (Å²) in [6.07, 6.45) is 1.49. The van der Waals surface area contributed by atoms with Gasteiger partial charge in [0, 0.05) is 11.0 Å². The third-order valence-corrected chi connectivity index (χ3v) is 3.71. The Hall–Kier alpha value is -1.63. The Kier molecular flexibility index (Phi) is 4.94.